The summed E-state index contributed by atoms with van der Waals surface area (Å²) in [7, 11) is 0. The Labute approximate surface area is 185 Å². The molecule has 0 spiro atoms. The fourth-order valence-corrected chi connectivity index (χ4v) is 6.75. The van der Waals surface area contributed by atoms with Gasteiger partial charge < -0.3 is 10.4 Å². The smallest absolute Gasteiger partial charge is 0.252 e. The van der Waals surface area contributed by atoms with Crippen molar-refractivity contribution >= 4 is 11.6 Å². The van der Waals surface area contributed by atoms with Gasteiger partial charge in [-0.2, -0.15) is 0 Å². The molecular formula is C28H33NO2. The number of hydrogen-bond acceptors (Lipinski definition) is 2. The van der Waals surface area contributed by atoms with E-state index in [1.54, 1.807) is 0 Å². The Hall–Kier alpha value is -2.39. The first-order valence-corrected chi connectivity index (χ1v) is 11.7. The van der Waals surface area contributed by atoms with Crippen LogP contribution in [0.3, 0.4) is 0 Å². The maximum Gasteiger partial charge on any atom is 0.252 e. The van der Waals surface area contributed by atoms with Crippen LogP contribution in [0.1, 0.15) is 59.3 Å². The van der Waals surface area contributed by atoms with Gasteiger partial charge in [0.2, 0.25) is 0 Å². The first kappa shape index (κ1) is 20.5. The summed E-state index contributed by atoms with van der Waals surface area (Å²) in [5.74, 6) is 0.506. The Kier molecular flexibility index (Phi) is 4.67. The molecule has 1 fully saturated rings. The van der Waals surface area contributed by atoms with Gasteiger partial charge in [-0.05, 0) is 92.6 Å². The zero-order valence-corrected chi connectivity index (χ0v) is 18.9. The second-order valence-electron chi connectivity index (χ2n) is 10.4. The number of para-hydroxylation sites is 1. The molecule has 3 heteroatoms. The average Bonchev–Trinajstić information content (AvgIpc) is 3.11. The molecule has 0 aromatic heterocycles. The Morgan fingerprint density at radius 1 is 1.16 bits per heavy atom. The Morgan fingerprint density at radius 2 is 1.94 bits per heavy atom. The highest BCUT2D eigenvalue weighted by Crippen LogP contribution is 2.62. The number of benzene rings is 1. The highest BCUT2D eigenvalue weighted by Gasteiger charge is 2.52. The van der Waals surface area contributed by atoms with E-state index in [0.29, 0.717) is 5.92 Å². The van der Waals surface area contributed by atoms with Crippen molar-refractivity contribution in [1.29, 1.82) is 0 Å². The van der Waals surface area contributed by atoms with Crippen LogP contribution in [0, 0.1) is 16.7 Å². The average molecular weight is 416 g/mol. The first-order chi connectivity index (χ1) is 14.8. The van der Waals surface area contributed by atoms with Crippen LogP contribution in [0.15, 0.2) is 76.9 Å². The van der Waals surface area contributed by atoms with Crippen LogP contribution in [0.4, 0.5) is 5.69 Å². The van der Waals surface area contributed by atoms with Crippen LogP contribution in [0.2, 0.25) is 0 Å². The van der Waals surface area contributed by atoms with Crippen LogP contribution in [0.25, 0.3) is 0 Å². The van der Waals surface area contributed by atoms with E-state index in [1.165, 1.54) is 16.7 Å². The summed E-state index contributed by atoms with van der Waals surface area (Å²) in [6.07, 6.45) is 14.8. The van der Waals surface area contributed by atoms with E-state index in [2.05, 4.69) is 37.4 Å². The fourth-order valence-electron chi connectivity index (χ4n) is 6.75. The Balaban J connectivity index is 1.46. The Morgan fingerprint density at radius 3 is 2.68 bits per heavy atom. The SMILES string of the molecule is CC[C@]12CC[C@@](C)(O)C[C@H]1CCC1=C2C=C[C@]2(C)C(C(=O)Nc3ccccc3)=CC=C12. The number of aliphatic hydroxyl groups is 1. The van der Waals surface area contributed by atoms with E-state index in [0.717, 1.165) is 49.8 Å². The van der Waals surface area contributed by atoms with E-state index in [1.807, 2.05) is 43.3 Å². The molecule has 5 rings (SSSR count). The van der Waals surface area contributed by atoms with E-state index < -0.39 is 5.60 Å². The summed E-state index contributed by atoms with van der Waals surface area (Å²) >= 11 is 0. The topological polar surface area (TPSA) is 49.3 Å². The summed E-state index contributed by atoms with van der Waals surface area (Å²) < 4.78 is 0. The van der Waals surface area contributed by atoms with Crippen LogP contribution in [-0.4, -0.2) is 16.6 Å². The molecule has 1 amide bonds. The standard InChI is InChI=1S/C28H33NO2/c1-4-28-17-16-26(2,31)18-19(28)10-11-21-22-12-13-24(27(22,3)15-14-23(21)28)25(30)29-20-8-6-5-7-9-20/h5-9,12-15,19,31H,4,10-11,16-18H2,1-3H3,(H,29,30)/t19-,26-,27+,28+/m1/s1. The number of nitrogens with one attached hydrogen (secondary N) is 1. The zero-order valence-electron chi connectivity index (χ0n) is 18.9. The number of anilines is 1. The van der Waals surface area contributed by atoms with E-state index in [-0.39, 0.29) is 16.7 Å². The normalized spacial score (nSPS) is 36.2. The molecule has 4 atom stereocenters. The minimum Gasteiger partial charge on any atom is -0.390 e. The van der Waals surface area contributed by atoms with Crippen molar-refractivity contribution in [2.45, 2.75) is 64.9 Å². The van der Waals surface area contributed by atoms with E-state index >= 15 is 0 Å². The van der Waals surface area contributed by atoms with Crippen molar-refractivity contribution in [3.63, 3.8) is 0 Å². The third-order valence-corrected chi connectivity index (χ3v) is 8.53. The predicted molar refractivity (Wildman–Crippen MR) is 125 cm³/mol. The molecule has 4 aliphatic carbocycles. The number of carbonyl (C=O) groups excluding carboxylic acids is 1. The highest BCUT2D eigenvalue weighted by molar-refractivity contribution is 6.06. The molecule has 162 valence electrons. The largest absolute Gasteiger partial charge is 0.390 e. The fraction of sp³-hybridized carbons (Fsp3) is 0.464. The molecule has 0 radical (unpaired) electrons. The number of rotatable bonds is 3. The molecule has 0 aliphatic heterocycles. The molecular weight excluding hydrogens is 382 g/mol. The molecule has 4 aliphatic rings. The van der Waals surface area contributed by atoms with Gasteiger partial charge in [-0.1, -0.05) is 49.4 Å². The summed E-state index contributed by atoms with van der Waals surface area (Å²) in [6.45, 7) is 6.49. The molecule has 0 bridgehead atoms. The quantitative estimate of drug-likeness (QED) is 0.626. The van der Waals surface area contributed by atoms with Gasteiger partial charge in [0.1, 0.15) is 0 Å². The van der Waals surface area contributed by atoms with Crippen molar-refractivity contribution in [1.82, 2.24) is 0 Å². The molecule has 31 heavy (non-hydrogen) atoms. The van der Waals surface area contributed by atoms with Crippen molar-refractivity contribution in [3.05, 3.63) is 76.9 Å². The van der Waals surface area contributed by atoms with Crippen molar-refractivity contribution in [3.8, 4) is 0 Å². The maximum absolute atomic E-state index is 13.2. The van der Waals surface area contributed by atoms with Crippen LogP contribution in [0.5, 0.6) is 0 Å². The molecule has 0 unspecified atom stereocenters. The second-order valence-corrected chi connectivity index (χ2v) is 10.4. The number of amides is 1. The predicted octanol–water partition coefficient (Wildman–Crippen LogP) is 6.11. The van der Waals surface area contributed by atoms with Crippen LogP contribution < -0.4 is 5.32 Å². The second kappa shape index (κ2) is 7.06. The van der Waals surface area contributed by atoms with Gasteiger partial charge in [0.15, 0.2) is 0 Å². The summed E-state index contributed by atoms with van der Waals surface area (Å²) in [5.41, 5.74) is 5.10. The van der Waals surface area contributed by atoms with E-state index in [4.69, 9.17) is 0 Å². The van der Waals surface area contributed by atoms with Gasteiger partial charge in [-0.15, -0.1) is 0 Å². The lowest BCUT2D eigenvalue weighted by atomic mass is 9.51. The van der Waals surface area contributed by atoms with E-state index in [9.17, 15) is 9.90 Å². The van der Waals surface area contributed by atoms with Gasteiger partial charge in [0.25, 0.3) is 5.91 Å². The zero-order chi connectivity index (χ0) is 21.9. The maximum atomic E-state index is 13.2. The lowest BCUT2D eigenvalue weighted by Gasteiger charge is -2.54. The molecule has 0 heterocycles. The van der Waals surface area contributed by atoms with Crippen LogP contribution in [-0.2, 0) is 4.79 Å². The lowest BCUT2D eigenvalue weighted by molar-refractivity contribution is -0.113. The van der Waals surface area contributed by atoms with Gasteiger partial charge in [0.05, 0.1) is 5.60 Å². The molecule has 1 aromatic rings. The van der Waals surface area contributed by atoms with Gasteiger partial charge in [-0.3, -0.25) is 4.79 Å². The highest BCUT2D eigenvalue weighted by atomic mass is 16.3. The van der Waals surface area contributed by atoms with Gasteiger partial charge >= 0.3 is 0 Å². The van der Waals surface area contributed by atoms with Gasteiger partial charge in [0, 0.05) is 16.7 Å². The number of allylic oxidation sites excluding steroid dienone is 7. The molecule has 3 nitrogen and oxygen atoms in total. The minimum absolute atomic E-state index is 0.0266. The molecule has 1 saturated carbocycles. The Bertz CT molecular complexity index is 1040. The molecule has 1 aromatic carbocycles. The lowest BCUT2D eigenvalue weighted by Crippen LogP contribution is -2.47. The number of fused-ring (bicyclic) bond motifs is 4. The first-order valence-electron chi connectivity index (χ1n) is 11.7. The van der Waals surface area contributed by atoms with Crippen molar-refractivity contribution < 1.29 is 9.90 Å². The number of hydrogen-bond donors (Lipinski definition) is 2. The summed E-state index contributed by atoms with van der Waals surface area (Å²) in [4.78, 5) is 13.2. The summed E-state index contributed by atoms with van der Waals surface area (Å²) in [5, 5.41) is 13.8. The van der Waals surface area contributed by atoms with Crippen LogP contribution >= 0.6 is 0 Å². The number of carbonyl (C=O) groups is 1. The minimum atomic E-state index is -0.537. The summed E-state index contributed by atoms with van der Waals surface area (Å²) in [6, 6.07) is 9.67. The monoisotopic (exact) mass is 415 g/mol. The third kappa shape index (κ3) is 3.09. The third-order valence-electron chi connectivity index (χ3n) is 8.53. The van der Waals surface area contributed by atoms with Crippen molar-refractivity contribution in [2.24, 2.45) is 16.7 Å². The molecule has 0 saturated heterocycles. The van der Waals surface area contributed by atoms with Crippen molar-refractivity contribution in [2.75, 3.05) is 5.32 Å². The molecule has 2 N–H and O–H groups in total. The van der Waals surface area contributed by atoms with Gasteiger partial charge in [-0.25, -0.2) is 0 Å².